The lowest BCUT2D eigenvalue weighted by atomic mass is 9.94. The Hall–Kier alpha value is -1.98. The van der Waals surface area contributed by atoms with Gasteiger partial charge in [0.2, 0.25) is 0 Å². The molecule has 1 saturated carbocycles. The van der Waals surface area contributed by atoms with E-state index in [9.17, 15) is 4.79 Å². The Morgan fingerprint density at radius 2 is 1.74 bits per heavy atom. The monoisotopic (exact) mass is 395 g/mol. The first-order valence-corrected chi connectivity index (χ1v) is 11.4. The molecule has 1 aromatic heterocycles. The highest BCUT2D eigenvalue weighted by Gasteiger charge is 2.33. The smallest absolute Gasteiger partial charge is 0.198 e. The van der Waals surface area contributed by atoms with Gasteiger partial charge in [0.05, 0.1) is 11.8 Å². The molecular weight excluding hydrogens is 374 g/mol. The van der Waals surface area contributed by atoms with E-state index in [1.807, 2.05) is 18.2 Å². The standard InChI is InChI=1S/C22H21NO2S2/c1-26-19-8-5-9-20(27-2)17(19)12-15-6-3-4-7-16(15)21(24)18-13-23-25-22(18)14-10-11-14/h3-9,13-14H,10-12H2,1-2H3. The van der Waals surface area contributed by atoms with Crippen molar-refractivity contribution in [2.45, 2.75) is 35.0 Å². The Kier molecular flexibility index (Phi) is 5.41. The van der Waals surface area contributed by atoms with Crippen LogP contribution >= 0.6 is 23.5 Å². The zero-order valence-corrected chi connectivity index (χ0v) is 17.0. The molecule has 1 heterocycles. The Bertz CT molecular complexity index is 954. The Morgan fingerprint density at radius 1 is 1.04 bits per heavy atom. The zero-order valence-electron chi connectivity index (χ0n) is 15.4. The van der Waals surface area contributed by atoms with Gasteiger partial charge in [0.25, 0.3) is 0 Å². The van der Waals surface area contributed by atoms with Crippen molar-refractivity contribution >= 4 is 29.3 Å². The number of rotatable bonds is 7. The number of ketones is 1. The van der Waals surface area contributed by atoms with Crippen LogP contribution in [-0.4, -0.2) is 23.5 Å². The van der Waals surface area contributed by atoms with Crippen molar-refractivity contribution in [3.63, 3.8) is 0 Å². The maximum atomic E-state index is 13.3. The molecule has 4 rings (SSSR count). The lowest BCUT2D eigenvalue weighted by Gasteiger charge is -2.14. The summed E-state index contributed by atoms with van der Waals surface area (Å²) in [4.78, 5) is 15.8. The summed E-state index contributed by atoms with van der Waals surface area (Å²) < 4.78 is 5.38. The van der Waals surface area contributed by atoms with Gasteiger partial charge in [-0.15, -0.1) is 23.5 Å². The lowest BCUT2D eigenvalue weighted by molar-refractivity contribution is 0.103. The van der Waals surface area contributed by atoms with Crippen molar-refractivity contribution in [3.05, 3.63) is 76.7 Å². The lowest BCUT2D eigenvalue weighted by Crippen LogP contribution is -2.07. The number of carbonyl (C=O) groups excluding carboxylic acids is 1. The van der Waals surface area contributed by atoms with E-state index < -0.39 is 0 Å². The summed E-state index contributed by atoms with van der Waals surface area (Å²) in [5, 5.41) is 3.90. The first kappa shape index (κ1) is 18.4. The molecule has 0 spiro atoms. The SMILES string of the molecule is CSc1cccc(SC)c1Cc1ccccc1C(=O)c1cnoc1C1CC1. The fourth-order valence-corrected chi connectivity index (χ4v) is 4.74. The largest absolute Gasteiger partial charge is 0.360 e. The molecule has 0 N–H and O–H groups in total. The second kappa shape index (κ2) is 7.95. The van der Waals surface area contributed by atoms with E-state index in [0.29, 0.717) is 11.5 Å². The zero-order chi connectivity index (χ0) is 18.8. The van der Waals surface area contributed by atoms with Crippen LogP contribution < -0.4 is 0 Å². The van der Waals surface area contributed by atoms with Crippen LogP contribution in [-0.2, 0) is 6.42 Å². The molecule has 0 saturated heterocycles. The number of aromatic nitrogens is 1. The van der Waals surface area contributed by atoms with E-state index in [1.165, 1.54) is 15.4 Å². The van der Waals surface area contributed by atoms with Gasteiger partial charge in [0, 0.05) is 27.7 Å². The molecule has 0 amide bonds. The summed E-state index contributed by atoms with van der Waals surface area (Å²) in [6.07, 6.45) is 8.66. The van der Waals surface area contributed by atoms with Crippen LogP contribution in [0.25, 0.3) is 0 Å². The summed E-state index contributed by atoms with van der Waals surface area (Å²) in [6.45, 7) is 0. The molecule has 3 nitrogen and oxygen atoms in total. The minimum absolute atomic E-state index is 0.0149. The van der Waals surface area contributed by atoms with Crippen molar-refractivity contribution < 1.29 is 9.32 Å². The summed E-state index contributed by atoms with van der Waals surface area (Å²) in [5.41, 5.74) is 3.69. The minimum atomic E-state index is 0.0149. The van der Waals surface area contributed by atoms with Crippen molar-refractivity contribution in [1.82, 2.24) is 5.16 Å². The fraction of sp³-hybridized carbons (Fsp3) is 0.273. The number of thioether (sulfide) groups is 2. The third-order valence-electron chi connectivity index (χ3n) is 4.95. The van der Waals surface area contributed by atoms with Crippen LogP contribution in [0.4, 0.5) is 0 Å². The average molecular weight is 396 g/mol. The first-order valence-electron chi connectivity index (χ1n) is 9.00. The van der Waals surface area contributed by atoms with Crippen LogP contribution in [0.15, 0.2) is 63.0 Å². The van der Waals surface area contributed by atoms with Gasteiger partial charge in [-0.05, 0) is 48.6 Å². The summed E-state index contributed by atoms with van der Waals surface area (Å²) >= 11 is 3.50. The number of benzene rings is 2. The predicted molar refractivity (Wildman–Crippen MR) is 111 cm³/mol. The van der Waals surface area contributed by atoms with E-state index in [2.05, 4.69) is 41.9 Å². The van der Waals surface area contributed by atoms with Crippen molar-refractivity contribution in [2.75, 3.05) is 12.5 Å². The van der Waals surface area contributed by atoms with Gasteiger partial charge in [-0.25, -0.2) is 0 Å². The number of nitrogens with zero attached hydrogens (tertiary/aromatic N) is 1. The van der Waals surface area contributed by atoms with Crippen LogP contribution in [0.3, 0.4) is 0 Å². The molecule has 27 heavy (non-hydrogen) atoms. The molecule has 0 aliphatic heterocycles. The van der Waals surface area contributed by atoms with Crippen LogP contribution in [0.2, 0.25) is 0 Å². The third kappa shape index (κ3) is 3.71. The Labute approximate surface area is 167 Å². The average Bonchev–Trinajstić information content (AvgIpc) is 3.44. The number of carbonyl (C=O) groups is 1. The predicted octanol–water partition coefficient (Wildman–Crippen LogP) is 5.82. The van der Waals surface area contributed by atoms with Gasteiger partial charge in [-0.1, -0.05) is 35.5 Å². The number of hydrogen-bond donors (Lipinski definition) is 0. The molecule has 1 aliphatic rings. The van der Waals surface area contributed by atoms with E-state index in [-0.39, 0.29) is 5.78 Å². The molecule has 2 aromatic carbocycles. The van der Waals surface area contributed by atoms with E-state index in [4.69, 9.17) is 4.52 Å². The molecule has 0 radical (unpaired) electrons. The fourth-order valence-electron chi connectivity index (χ4n) is 3.39. The molecule has 0 bridgehead atoms. The van der Waals surface area contributed by atoms with E-state index in [0.717, 1.165) is 36.1 Å². The topological polar surface area (TPSA) is 43.1 Å². The molecule has 3 aromatic rings. The normalized spacial score (nSPS) is 13.7. The Morgan fingerprint density at radius 3 is 2.41 bits per heavy atom. The van der Waals surface area contributed by atoms with E-state index >= 15 is 0 Å². The molecule has 138 valence electrons. The van der Waals surface area contributed by atoms with E-state index in [1.54, 1.807) is 29.7 Å². The highest BCUT2D eigenvalue weighted by atomic mass is 32.2. The van der Waals surface area contributed by atoms with Gasteiger partial charge in [0.1, 0.15) is 0 Å². The summed E-state index contributed by atoms with van der Waals surface area (Å²) in [6, 6.07) is 14.3. The van der Waals surface area contributed by atoms with Gasteiger partial charge in [-0.2, -0.15) is 0 Å². The first-order chi connectivity index (χ1) is 13.2. The highest BCUT2D eigenvalue weighted by molar-refractivity contribution is 7.99. The Balaban J connectivity index is 1.72. The molecule has 1 aliphatic carbocycles. The maximum Gasteiger partial charge on any atom is 0.198 e. The second-order valence-corrected chi connectivity index (χ2v) is 8.38. The molecule has 1 fully saturated rings. The van der Waals surface area contributed by atoms with Crippen molar-refractivity contribution in [1.29, 1.82) is 0 Å². The third-order valence-corrected chi connectivity index (χ3v) is 6.59. The van der Waals surface area contributed by atoms with Gasteiger partial charge in [-0.3, -0.25) is 4.79 Å². The van der Waals surface area contributed by atoms with Crippen LogP contribution in [0.5, 0.6) is 0 Å². The van der Waals surface area contributed by atoms with Gasteiger partial charge in [0.15, 0.2) is 11.5 Å². The van der Waals surface area contributed by atoms with Gasteiger partial charge >= 0.3 is 0 Å². The summed E-state index contributed by atoms with van der Waals surface area (Å²) in [7, 11) is 0. The van der Waals surface area contributed by atoms with Crippen molar-refractivity contribution in [2.24, 2.45) is 0 Å². The second-order valence-electron chi connectivity index (χ2n) is 6.68. The molecule has 5 heteroatoms. The highest BCUT2D eigenvalue weighted by Crippen LogP contribution is 2.42. The van der Waals surface area contributed by atoms with Crippen molar-refractivity contribution in [3.8, 4) is 0 Å². The quantitative estimate of drug-likeness (QED) is 0.373. The minimum Gasteiger partial charge on any atom is -0.360 e. The van der Waals surface area contributed by atoms with Crippen LogP contribution in [0, 0.1) is 0 Å². The van der Waals surface area contributed by atoms with Crippen LogP contribution in [0.1, 0.15) is 51.6 Å². The molecule has 0 atom stereocenters. The number of hydrogen-bond acceptors (Lipinski definition) is 5. The maximum absolute atomic E-state index is 13.3. The summed E-state index contributed by atoms with van der Waals surface area (Å²) in [5.74, 6) is 1.13. The molecule has 0 unspecified atom stereocenters. The van der Waals surface area contributed by atoms with Gasteiger partial charge < -0.3 is 4.52 Å². The molecular formula is C22H21NO2S2.